The van der Waals surface area contributed by atoms with Gasteiger partial charge in [-0.1, -0.05) is 0 Å². The van der Waals surface area contributed by atoms with E-state index in [4.69, 9.17) is 9.47 Å². The van der Waals surface area contributed by atoms with E-state index >= 15 is 0 Å². The molecule has 6 nitrogen and oxygen atoms in total. The van der Waals surface area contributed by atoms with Crippen LogP contribution in [0.5, 0.6) is 0 Å². The van der Waals surface area contributed by atoms with Crippen molar-refractivity contribution in [2.24, 2.45) is 11.8 Å². The summed E-state index contributed by atoms with van der Waals surface area (Å²) in [5.41, 5.74) is -1.64. The highest BCUT2D eigenvalue weighted by molar-refractivity contribution is 5.86. The standard InChI is InChI=1S/C17H25FN2O4/c18-17(3-1-2-4-17)16(22)20-9-12-7-19(8-13(12)10-20)15(21)14-11-23-5-6-24-14/h12-14H,1-11H2/t12-,13+,14?. The maximum Gasteiger partial charge on any atom is 0.260 e. The molecule has 0 aromatic heterocycles. The number of alkyl halides is 1. The van der Waals surface area contributed by atoms with Crippen LogP contribution in [0, 0.1) is 11.8 Å². The zero-order valence-electron chi connectivity index (χ0n) is 13.9. The number of likely N-dealkylation sites (tertiary alicyclic amines) is 2. The summed E-state index contributed by atoms with van der Waals surface area (Å²) in [6.07, 6.45) is 1.83. The smallest absolute Gasteiger partial charge is 0.260 e. The van der Waals surface area contributed by atoms with E-state index < -0.39 is 11.8 Å². The molecule has 4 fully saturated rings. The van der Waals surface area contributed by atoms with Crippen molar-refractivity contribution < 1.29 is 23.5 Å². The molecule has 3 saturated heterocycles. The Labute approximate surface area is 141 Å². The summed E-state index contributed by atoms with van der Waals surface area (Å²) in [5.74, 6) is 0.177. The van der Waals surface area contributed by atoms with Crippen LogP contribution in [0.4, 0.5) is 4.39 Å². The molecule has 24 heavy (non-hydrogen) atoms. The highest BCUT2D eigenvalue weighted by Crippen LogP contribution is 2.38. The summed E-state index contributed by atoms with van der Waals surface area (Å²) < 4.78 is 25.5. The second-order valence-electron chi connectivity index (χ2n) is 7.58. The number of carbonyl (C=O) groups is 2. The molecule has 2 amide bonds. The van der Waals surface area contributed by atoms with Crippen LogP contribution in [0.3, 0.4) is 0 Å². The van der Waals surface area contributed by atoms with E-state index in [2.05, 4.69) is 0 Å². The first kappa shape index (κ1) is 16.3. The molecule has 0 spiro atoms. The van der Waals surface area contributed by atoms with Gasteiger partial charge in [0.05, 0.1) is 19.8 Å². The molecule has 1 saturated carbocycles. The molecular formula is C17H25FN2O4. The Morgan fingerprint density at radius 3 is 2.17 bits per heavy atom. The molecule has 0 N–H and O–H groups in total. The Hall–Kier alpha value is -1.21. The minimum Gasteiger partial charge on any atom is -0.376 e. The van der Waals surface area contributed by atoms with Gasteiger partial charge in [-0.05, 0) is 25.7 Å². The first-order valence-electron chi connectivity index (χ1n) is 9.03. The molecule has 0 aromatic rings. The molecule has 3 atom stereocenters. The van der Waals surface area contributed by atoms with Crippen LogP contribution in [-0.2, 0) is 19.1 Å². The van der Waals surface area contributed by atoms with E-state index in [0.29, 0.717) is 58.8 Å². The average Bonchev–Trinajstić information content (AvgIpc) is 3.29. The van der Waals surface area contributed by atoms with Gasteiger partial charge in [-0.15, -0.1) is 0 Å². The molecule has 0 aromatic carbocycles. The van der Waals surface area contributed by atoms with Gasteiger partial charge in [0.25, 0.3) is 11.8 Å². The Morgan fingerprint density at radius 1 is 0.958 bits per heavy atom. The zero-order chi connectivity index (χ0) is 16.7. The SMILES string of the molecule is O=C(C1COCCO1)N1C[C@@H]2CN(C(=O)C3(F)CCCC3)C[C@@H]2C1. The molecule has 3 heterocycles. The summed E-state index contributed by atoms with van der Waals surface area (Å²) in [7, 11) is 0. The van der Waals surface area contributed by atoms with E-state index in [9.17, 15) is 14.0 Å². The monoisotopic (exact) mass is 340 g/mol. The number of amides is 2. The molecule has 1 unspecified atom stereocenters. The van der Waals surface area contributed by atoms with E-state index in [0.717, 1.165) is 12.8 Å². The van der Waals surface area contributed by atoms with Crippen molar-refractivity contribution in [3.05, 3.63) is 0 Å². The van der Waals surface area contributed by atoms with Gasteiger partial charge in [-0.3, -0.25) is 9.59 Å². The molecule has 3 aliphatic heterocycles. The zero-order valence-corrected chi connectivity index (χ0v) is 13.9. The quantitative estimate of drug-likeness (QED) is 0.739. The molecule has 7 heteroatoms. The Bertz CT molecular complexity index is 503. The molecule has 0 bridgehead atoms. The molecule has 134 valence electrons. The number of ether oxygens (including phenoxy) is 2. The lowest BCUT2D eigenvalue weighted by Gasteiger charge is -2.29. The number of nitrogens with zero attached hydrogens (tertiary/aromatic N) is 2. The molecule has 4 aliphatic rings. The number of hydrogen-bond acceptors (Lipinski definition) is 4. The Kier molecular flexibility index (Phi) is 4.24. The first-order chi connectivity index (χ1) is 11.6. The van der Waals surface area contributed by atoms with Gasteiger partial charge in [0.2, 0.25) is 0 Å². The second kappa shape index (κ2) is 6.26. The third-order valence-electron chi connectivity index (χ3n) is 5.96. The Balaban J connectivity index is 1.33. The number of halogens is 1. The van der Waals surface area contributed by atoms with Crippen LogP contribution in [0.25, 0.3) is 0 Å². The van der Waals surface area contributed by atoms with Gasteiger partial charge in [0, 0.05) is 38.0 Å². The normalized spacial score (nSPS) is 35.3. The Morgan fingerprint density at radius 2 is 1.58 bits per heavy atom. The second-order valence-corrected chi connectivity index (χ2v) is 7.58. The summed E-state index contributed by atoms with van der Waals surface area (Å²) in [6.45, 7) is 3.72. The van der Waals surface area contributed by atoms with Crippen molar-refractivity contribution in [2.75, 3.05) is 46.0 Å². The van der Waals surface area contributed by atoms with E-state index in [1.807, 2.05) is 4.90 Å². The summed E-state index contributed by atoms with van der Waals surface area (Å²) in [6, 6.07) is 0. The predicted molar refractivity (Wildman–Crippen MR) is 83.0 cm³/mol. The van der Waals surface area contributed by atoms with Crippen LogP contribution in [0.1, 0.15) is 25.7 Å². The average molecular weight is 340 g/mol. The van der Waals surface area contributed by atoms with Crippen molar-refractivity contribution in [1.29, 1.82) is 0 Å². The fraction of sp³-hybridized carbons (Fsp3) is 0.882. The van der Waals surface area contributed by atoms with E-state index in [1.54, 1.807) is 4.90 Å². The fourth-order valence-electron chi connectivity index (χ4n) is 4.61. The van der Waals surface area contributed by atoms with Crippen molar-refractivity contribution >= 4 is 11.8 Å². The van der Waals surface area contributed by atoms with E-state index in [-0.39, 0.29) is 23.7 Å². The van der Waals surface area contributed by atoms with Crippen molar-refractivity contribution in [1.82, 2.24) is 9.80 Å². The third kappa shape index (κ3) is 2.81. The highest BCUT2D eigenvalue weighted by Gasteiger charge is 2.50. The summed E-state index contributed by atoms with van der Waals surface area (Å²) >= 11 is 0. The van der Waals surface area contributed by atoms with Crippen molar-refractivity contribution in [2.45, 2.75) is 37.5 Å². The number of carbonyl (C=O) groups excluding carboxylic acids is 2. The minimum absolute atomic E-state index is 0.0141. The largest absolute Gasteiger partial charge is 0.376 e. The molecule has 0 radical (unpaired) electrons. The topological polar surface area (TPSA) is 59.1 Å². The first-order valence-corrected chi connectivity index (χ1v) is 9.03. The summed E-state index contributed by atoms with van der Waals surface area (Å²) in [4.78, 5) is 28.5. The lowest BCUT2D eigenvalue weighted by Crippen LogP contribution is -2.47. The predicted octanol–water partition coefficient (Wildman–Crippen LogP) is 0.601. The van der Waals surface area contributed by atoms with E-state index in [1.165, 1.54) is 0 Å². The third-order valence-corrected chi connectivity index (χ3v) is 5.96. The van der Waals surface area contributed by atoms with Crippen LogP contribution in [0.15, 0.2) is 0 Å². The number of rotatable bonds is 2. The number of fused-ring (bicyclic) bond motifs is 1. The van der Waals surface area contributed by atoms with Gasteiger partial charge in [0.1, 0.15) is 0 Å². The van der Waals surface area contributed by atoms with Gasteiger partial charge < -0.3 is 19.3 Å². The van der Waals surface area contributed by atoms with Crippen molar-refractivity contribution in [3.63, 3.8) is 0 Å². The minimum atomic E-state index is -1.64. The molecule has 1 aliphatic carbocycles. The van der Waals surface area contributed by atoms with Crippen LogP contribution in [0.2, 0.25) is 0 Å². The van der Waals surface area contributed by atoms with Crippen LogP contribution < -0.4 is 0 Å². The maximum atomic E-state index is 14.7. The fourth-order valence-corrected chi connectivity index (χ4v) is 4.61. The summed E-state index contributed by atoms with van der Waals surface area (Å²) in [5, 5.41) is 0. The number of hydrogen-bond donors (Lipinski definition) is 0. The van der Waals surface area contributed by atoms with Crippen LogP contribution in [-0.4, -0.2) is 79.4 Å². The lowest BCUT2D eigenvalue weighted by molar-refractivity contribution is -0.157. The van der Waals surface area contributed by atoms with Gasteiger partial charge >= 0.3 is 0 Å². The van der Waals surface area contributed by atoms with Gasteiger partial charge in [-0.25, -0.2) is 4.39 Å². The van der Waals surface area contributed by atoms with Crippen LogP contribution >= 0.6 is 0 Å². The molecule has 4 rings (SSSR count). The van der Waals surface area contributed by atoms with Crippen molar-refractivity contribution in [3.8, 4) is 0 Å². The maximum absolute atomic E-state index is 14.7. The lowest BCUT2D eigenvalue weighted by atomic mass is 10.0. The molecular weight excluding hydrogens is 315 g/mol. The highest BCUT2D eigenvalue weighted by atomic mass is 19.1. The van der Waals surface area contributed by atoms with Gasteiger partial charge in [-0.2, -0.15) is 0 Å². The van der Waals surface area contributed by atoms with Gasteiger partial charge in [0.15, 0.2) is 11.8 Å².